The van der Waals surface area contributed by atoms with Crippen molar-refractivity contribution < 1.29 is 15.1 Å². The van der Waals surface area contributed by atoms with Crippen molar-refractivity contribution in [1.29, 1.82) is 0 Å². The second-order valence-electron chi connectivity index (χ2n) is 3.35. The van der Waals surface area contributed by atoms with Crippen molar-refractivity contribution >= 4 is 18.4 Å². The van der Waals surface area contributed by atoms with Crippen LogP contribution in [0.15, 0.2) is 6.20 Å². The van der Waals surface area contributed by atoms with E-state index in [1.165, 1.54) is 6.20 Å². The van der Waals surface area contributed by atoms with Gasteiger partial charge in [-0.05, 0) is 5.92 Å². The Labute approximate surface area is 93.1 Å². The van der Waals surface area contributed by atoms with Crippen LogP contribution in [0, 0.1) is 0 Å². The van der Waals surface area contributed by atoms with Crippen molar-refractivity contribution in [1.82, 2.24) is 9.94 Å². The van der Waals surface area contributed by atoms with E-state index < -0.39 is 12.0 Å². The predicted octanol–water partition coefficient (Wildman–Crippen LogP) is 0.750. The zero-order valence-corrected chi connectivity index (χ0v) is 9.23. The largest absolute Gasteiger partial charge is 0.480 e. The maximum Gasteiger partial charge on any atom is 0.326 e. The van der Waals surface area contributed by atoms with Crippen LogP contribution in [0.2, 0.25) is 0 Å². The second kappa shape index (κ2) is 4.99. The smallest absolute Gasteiger partial charge is 0.326 e. The highest BCUT2D eigenvalue weighted by atomic mass is 35.5. The van der Waals surface area contributed by atoms with E-state index in [1.54, 1.807) is 0 Å². The van der Waals surface area contributed by atoms with Crippen LogP contribution in [0.4, 0.5) is 0 Å². The number of aromatic nitrogens is 2. The summed E-state index contributed by atoms with van der Waals surface area (Å²) in [7, 11) is 0. The number of hydrogen-bond acceptors (Lipinski definition) is 4. The van der Waals surface area contributed by atoms with Gasteiger partial charge < -0.3 is 16.0 Å². The molecule has 0 aromatic carbocycles. The minimum atomic E-state index is -1.25. The van der Waals surface area contributed by atoms with Gasteiger partial charge in [-0.1, -0.05) is 13.8 Å². The molecule has 15 heavy (non-hydrogen) atoms. The average Bonchev–Trinajstić information content (AvgIpc) is 2.45. The Morgan fingerprint density at radius 2 is 2.13 bits per heavy atom. The number of carboxylic acids is 1. The third-order valence-electron chi connectivity index (χ3n) is 2.00. The zero-order valence-electron chi connectivity index (χ0n) is 8.41. The molecule has 0 fully saturated rings. The Morgan fingerprint density at radius 1 is 1.60 bits per heavy atom. The van der Waals surface area contributed by atoms with Gasteiger partial charge in [-0.15, -0.1) is 22.4 Å². The van der Waals surface area contributed by atoms with Crippen LogP contribution in [-0.4, -0.2) is 26.2 Å². The first kappa shape index (κ1) is 13.7. The molecule has 0 saturated heterocycles. The third kappa shape index (κ3) is 2.60. The standard InChI is InChI=1S/C8H13N3O3.ClH/c1-4(2)5-3-10-11(14)7(5)6(9)8(12)13;/h3-4,6,14H,9H2,1-2H3,(H,12,13);1H. The van der Waals surface area contributed by atoms with Gasteiger partial charge in [0.1, 0.15) is 11.7 Å². The molecule has 0 aliphatic carbocycles. The van der Waals surface area contributed by atoms with Crippen molar-refractivity contribution in [2.45, 2.75) is 25.8 Å². The number of aliphatic carboxylic acids is 1. The number of carbonyl (C=O) groups is 1. The summed E-state index contributed by atoms with van der Waals surface area (Å²) in [6, 6.07) is -1.25. The van der Waals surface area contributed by atoms with Crippen molar-refractivity contribution in [3.63, 3.8) is 0 Å². The molecule has 0 bridgehead atoms. The van der Waals surface area contributed by atoms with E-state index in [0.29, 0.717) is 10.4 Å². The maximum atomic E-state index is 10.6. The van der Waals surface area contributed by atoms with E-state index in [1.807, 2.05) is 13.8 Å². The van der Waals surface area contributed by atoms with Crippen LogP contribution >= 0.6 is 12.4 Å². The number of nitrogens with two attached hydrogens (primary N) is 1. The van der Waals surface area contributed by atoms with Crippen LogP contribution in [0.5, 0.6) is 0 Å². The van der Waals surface area contributed by atoms with E-state index in [-0.39, 0.29) is 24.0 Å². The van der Waals surface area contributed by atoms with Crippen LogP contribution in [0.25, 0.3) is 0 Å². The molecule has 4 N–H and O–H groups in total. The summed E-state index contributed by atoms with van der Waals surface area (Å²) in [6.07, 6.45) is 1.42. The van der Waals surface area contributed by atoms with E-state index in [9.17, 15) is 10.0 Å². The highest BCUT2D eigenvalue weighted by molar-refractivity contribution is 5.85. The lowest BCUT2D eigenvalue weighted by atomic mass is 10.0. The summed E-state index contributed by atoms with van der Waals surface area (Å²) >= 11 is 0. The quantitative estimate of drug-likeness (QED) is 0.671. The van der Waals surface area contributed by atoms with Gasteiger partial charge in [0.2, 0.25) is 0 Å². The molecular formula is C8H14ClN3O3. The first-order chi connectivity index (χ1) is 6.45. The first-order valence-electron chi connectivity index (χ1n) is 4.20. The molecule has 1 rings (SSSR count). The topological polar surface area (TPSA) is 101 Å². The Bertz CT molecular complexity index is 351. The molecule has 0 amide bonds. The lowest BCUT2D eigenvalue weighted by Crippen LogP contribution is -2.25. The van der Waals surface area contributed by atoms with Crippen LogP contribution in [0.3, 0.4) is 0 Å². The lowest BCUT2D eigenvalue weighted by molar-refractivity contribution is -0.139. The Balaban J connectivity index is 0.00000196. The summed E-state index contributed by atoms with van der Waals surface area (Å²) in [5.74, 6) is -1.13. The van der Waals surface area contributed by atoms with Gasteiger partial charge >= 0.3 is 5.97 Å². The number of hydrogen-bond donors (Lipinski definition) is 3. The minimum absolute atomic E-state index is 0. The van der Waals surface area contributed by atoms with Gasteiger partial charge in [0.15, 0.2) is 0 Å². The molecular weight excluding hydrogens is 222 g/mol. The molecule has 1 atom stereocenters. The third-order valence-corrected chi connectivity index (χ3v) is 2.00. The molecule has 0 radical (unpaired) electrons. The van der Waals surface area contributed by atoms with Crippen LogP contribution in [-0.2, 0) is 4.79 Å². The molecule has 0 aliphatic rings. The van der Waals surface area contributed by atoms with Gasteiger partial charge in [0.25, 0.3) is 0 Å². The second-order valence-corrected chi connectivity index (χ2v) is 3.35. The highest BCUT2D eigenvalue weighted by Gasteiger charge is 2.24. The predicted molar refractivity (Wildman–Crippen MR) is 55.3 cm³/mol. The fourth-order valence-corrected chi connectivity index (χ4v) is 1.23. The van der Waals surface area contributed by atoms with E-state index in [2.05, 4.69) is 5.10 Å². The van der Waals surface area contributed by atoms with E-state index >= 15 is 0 Å². The van der Waals surface area contributed by atoms with Crippen LogP contribution < -0.4 is 5.73 Å². The summed E-state index contributed by atoms with van der Waals surface area (Å²) in [4.78, 5) is 11.2. The maximum absolute atomic E-state index is 10.6. The number of nitrogens with zero attached hydrogens (tertiary/aromatic N) is 2. The van der Waals surface area contributed by atoms with Gasteiger partial charge in [-0.2, -0.15) is 0 Å². The van der Waals surface area contributed by atoms with Gasteiger partial charge in [-0.3, -0.25) is 4.79 Å². The number of halogens is 1. The van der Waals surface area contributed by atoms with Crippen molar-refractivity contribution in [2.24, 2.45) is 5.73 Å². The molecule has 1 aromatic heterocycles. The monoisotopic (exact) mass is 235 g/mol. The SMILES string of the molecule is CC(C)c1cnn(O)c1C(N)C(=O)O.Cl. The normalized spacial score (nSPS) is 12.3. The van der Waals surface area contributed by atoms with Crippen LogP contribution in [0.1, 0.15) is 37.1 Å². The summed E-state index contributed by atoms with van der Waals surface area (Å²) in [5, 5.41) is 21.5. The Kier molecular flexibility index (Phi) is 4.57. The molecule has 86 valence electrons. The van der Waals surface area contributed by atoms with E-state index in [4.69, 9.17) is 10.8 Å². The number of rotatable bonds is 3. The van der Waals surface area contributed by atoms with Gasteiger partial charge in [-0.25, -0.2) is 0 Å². The molecule has 7 heteroatoms. The lowest BCUT2D eigenvalue weighted by Gasteiger charge is -2.10. The summed E-state index contributed by atoms with van der Waals surface area (Å²) in [6.45, 7) is 3.74. The Morgan fingerprint density at radius 3 is 2.53 bits per heavy atom. The van der Waals surface area contributed by atoms with Crippen molar-refractivity contribution in [2.75, 3.05) is 0 Å². The van der Waals surface area contributed by atoms with E-state index in [0.717, 1.165) is 0 Å². The first-order valence-corrected chi connectivity index (χ1v) is 4.20. The fourth-order valence-electron chi connectivity index (χ4n) is 1.23. The van der Waals surface area contributed by atoms with Crippen molar-refractivity contribution in [3.05, 3.63) is 17.5 Å². The minimum Gasteiger partial charge on any atom is -0.480 e. The Hall–Kier alpha value is -1.27. The molecule has 1 aromatic rings. The summed E-state index contributed by atoms with van der Waals surface area (Å²) < 4.78 is 0. The van der Waals surface area contributed by atoms with Gasteiger partial charge in [0, 0.05) is 5.56 Å². The number of carboxylic acid groups (broad SMARTS) is 1. The highest BCUT2D eigenvalue weighted by Crippen LogP contribution is 2.22. The summed E-state index contributed by atoms with van der Waals surface area (Å²) in [5.41, 5.74) is 6.17. The molecule has 1 heterocycles. The zero-order chi connectivity index (χ0) is 10.9. The van der Waals surface area contributed by atoms with Crippen molar-refractivity contribution in [3.8, 4) is 0 Å². The fraction of sp³-hybridized carbons (Fsp3) is 0.500. The molecule has 6 nitrogen and oxygen atoms in total. The molecule has 0 aliphatic heterocycles. The van der Waals surface area contributed by atoms with Gasteiger partial charge in [0.05, 0.1) is 6.20 Å². The molecule has 1 unspecified atom stereocenters. The molecule has 0 saturated carbocycles. The molecule has 0 spiro atoms. The average molecular weight is 236 g/mol.